The Kier molecular flexibility index (Phi) is 8.48. The van der Waals surface area contributed by atoms with Crippen LogP contribution in [0.2, 0.25) is 0 Å². The lowest BCUT2D eigenvalue weighted by molar-refractivity contribution is -0.120. The molecule has 2 unspecified atom stereocenters. The minimum atomic E-state index is -3.96. The molecular weight excluding hydrogens is 423 g/mol. The van der Waals surface area contributed by atoms with Crippen molar-refractivity contribution in [3.63, 3.8) is 0 Å². The van der Waals surface area contributed by atoms with Crippen molar-refractivity contribution in [2.24, 2.45) is 0 Å². The van der Waals surface area contributed by atoms with Gasteiger partial charge in [0.1, 0.15) is 11.5 Å². The first kappa shape index (κ1) is 23.6. The first-order chi connectivity index (χ1) is 15.5. The molecule has 0 saturated carbocycles. The van der Waals surface area contributed by atoms with Crippen LogP contribution in [0.3, 0.4) is 0 Å². The summed E-state index contributed by atoms with van der Waals surface area (Å²) >= 11 is 0. The Labute approximate surface area is 189 Å². The lowest BCUT2D eigenvalue weighted by Crippen LogP contribution is -2.40. The highest BCUT2D eigenvalue weighted by molar-refractivity contribution is 7.55. The quantitative estimate of drug-likeness (QED) is 0.374. The van der Waals surface area contributed by atoms with Gasteiger partial charge < -0.3 is 19.7 Å². The third kappa shape index (κ3) is 6.71. The number of hydrogen-bond acceptors (Lipinski definition) is 5. The molecule has 3 aromatic rings. The molecule has 0 aliphatic rings. The van der Waals surface area contributed by atoms with Crippen LogP contribution in [0.25, 0.3) is 0 Å². The van der Waals surface area contributed by atoms with Gasteiger partial charge in [0.15, 0.2) is 5.78 Å². The predicted molar refractivity (Wildman–Crippen MR) is 127 cm³/mol. The minimum Gasteiger partial charge on any atom is -0.414 e. The standard InChI is InChI=1S/C25H29N2O4P/c1-3-20(2)26-19-24(28)27-25(21-13-7-4-8-14-21)32(29,30-22-15-9-5-10-16-22)31-23-17-11-6-12-18-23/h4-18,20,25-26H,3,19H2,1-2H3,(H,27,28). The number of rotatable bonds is 11. The number of nitrogens with one attached hydrogen (secondary N) is 2. The highest BCUT2D eigenvalue weighted by atomic mass is 31.2. The van der Waals surface area contributed by atoms with Crippen LogP contribution in [0, 0.1) is 0 Å². The second-order valence-corrected chi connectivity index (χ2v) is 9.38. The summed E-state index contributed by atoms with van der Waals surface area (Å²) in [5, 5.41) is 6.04. The number of hydrogen-bond donors (Lipinski definition) is 2. The fourth-order valence-corrected chi connectivity index (χ4v) is 4.89. The van der Waals surface area contributed by atoms with Gasteiger partial charge in [-0.25, -0.2) is 4.57 Å². The number of carbonyl (C=O) groups is 1. The molecule has 0 radical (unpaired) electrons. The largest absolute Gasteiger partial charge is 0.457 e. The van der Waals surface area contributed by atoms with Crippen molar-refractivity contribution in [3.05, 3.63) is 96.6 Å². The van der Waals surface area contributed by atoms with Gasteiger partial charge in [-0.2, -0.15) is 0 Å². The van der Waals surface area contributed by atoms with Crippen LogP contribution in [-0.4, -0.2) is 18.5 Å². The summed E-state index contributed by atoms with van der Waals surface area (Å²) in [6, 6.07) is 26.9. The van der Waals surface area contributed by atoms with Gasteiger partial charge in [-0.1, -0.05) is 73.7 Å². The number of para-hydroxylation sites is 2. The van der Waals surface area contributed by atoms with Gasteiger partial charge in [0.25, 0.3) is 0 Å². The molecule has 2 N–H and O–H groups in total. The Balaban J connectivity index is 1.96. The molecule has 3 aromatic carbocycles. The normalized spacial score (nSPS) is 13.1. The smallest absolute Gasteiger partial charge is 0.414 e. The van der Waals surface area contributed by atoms with E-state index in [-0.39, 0.29) is 18.5 Å². The molecule has 32 heavy (non-hydrogen) atoms. The number of carbonyl (C=O) groups excluding carboxylic acids is 1. The van der Waals surface area contributed by atoms with E-state index in [1.165, 1.54) is 0 Å². The highest BCUT2D eigenvalue weighted by Gasteiger charge is 2.41. The molecule has 0 aliphatic carbocycles. The van der Waals surface area contributed by atoms with E-state index in [0.717, 1.165) is 6.42 Å². The van der Waals surface area contributed by atoms with E-state index in [2.05, 4.69) is 10.6 Å². The van der Waals surface area contributed by atoms with Crippen molar-refractivity contribution in [3.8, 4) is 11.5 Å². The van der Waals surface area contributed by atoms with Gasteiger partial charge in [0.05, 0.1) is 6.54 Å². The van der Waals surface area contributed by atoms with E-state index in [4.69, 9.17) is 9.05 Å². The molecule has 7 heteroatoms. The van der Waals surface area contributed by atoms with Gasteiger partial charge in [-0.15, -0.1) is 0 Å². The number of amides is 1. The summed E-state index contributed by atoms with van der Waals surface area (Å²) in [5.74, 6) is -0.526. The van der Waals surface area contributed by atoms with Crippen molar-refractivity contribution in [1.82, 2.24) is 10.6 Å². The molecule has 0 fully saturated rings. The zero-order valence-electron chi connectivity index (χ0n) is 18.3. The summed E-state index contributed by atoms with van der Waals surface area (Å²) < 4.78 is 26.2. The highest BCUT2D eigenvalue weighted by Crippen LogP contribution is 2.58. The second-order valence-electron chi connectivity index (χ2n) is 7.42. The van der Waals surface area contributed by atoms with Crippen LogP contribution >= 0.6 is 7.60 Å². The van der Waals surface area contributed by atoms with Gasteiger partial charge in [0.2, 0.25) is 5.91 Å². The van der Waals surface area contributed by atoms with Crippen LogP contribution in [0.4, 0.5) is 0 Å². The predicted octanol–water partition coefficient (Wildman–Crippen LogP) is 5.54. The average molecular weight is 452 g/mol. The Hall–Kier alpha value is -3.08. The topological polar surface area (TPSA) is 76.7 Å². The van der Waals surface area contributed by atoms with Gasteiger partial charge in [-0.3, -0.25) is 4.79 Å². The Bertz CT molecular complexity index is 970. The lowest BCUT2D eigenvalue weighted by Gasteiger charge is -2.28. The zero-order valence-corrected chi connectivity index (χ0v) is 19.2. The van der Waals surface area contributed by atoms with Crippen LogP contribution in [0.15, 0.2) is 91.0 Å². The fourth-order valence-electron chi connectivity index (χ4n) is 2.98. The van der Waals surface area contributed by atoms with Crippen LogP contribution in [0.1, 0.15) is 31.6 Å². The van der Waals surface area contributed by atoms with Gasteiger partial charge in [0, 0.05) is 6.04 Å². The monoisotopic (exact) mass is 452 g/mol. The van der Waals surface area contributed by atoms with E-state index >= 15 is 0 Å². The van der Waals surface area contributed by atoms with Crippen molar-refractivity contribution in [2.45, 2.75) is 32.1 Å². The lowest BCUT2D eigenvalue weighted by atomic mass is 10.2. The summed E-state index contributed by atoms with van der Waals surface area (Å²) in [5.41, 5.74) is 0.625. The third-order valence-corrected chi connectivity index (χ3v) is 6.89. The molecule has 168 valence electrons. The Morgan fingerprint density at radius 3 is 1.78 bits per heavy atom. The maximum atomic E-state index is 14.3. The average Bonchev–Trinajstić information content (AvgIpc) is 2.82. The molecule has 2 atom stereocenters. The van der Waals surface area contributed by atoms with E-state index in [0.29, 0.717) is 17.1 Å². The molecule has 3 rings (SSSR count). The van der Waals surface area contributed by atoms with Crippen molar-refractivity contribution in [2.75, 3.05) is 6.54 Å². The van der Waals surface area contributed by atoms with Gasteiger partial charge in [-0.05, 0) is 43.2 Å². The summed E-state index contributed by atoms with van der Waals surface area (Å²) in [6.07, 6.45) is 0.891. The molecule has 0 bridgehead atoms. The van der Waals surface area contributed by atoms with E-state index < -0.39 is 13.4 Å². The van der Waals surface area contributed by atoms with E-state index in [1.54, 1.807) is 60.7 Å². The SMILES string of the molecule is CCC(C)NCC(=O)NC(c1ccccc1)P(=O)(Oc1ccccc1)Oc1ccccc1. The Morgan fingerprint density at radius 2 is 1.31 bits per heavy atom. The van der Waals surface area contributed by atoms with Crippen LogP contribution < -0.4 is 19.7 Å². The van der Waals surface area contributed by atoms with Crippen molar-refractivity contribution in [1.29, 1.82) is 0 Å². The van der Waals surface area contributed by atoms with Crippen LogP contribution in [-0.2, 0) is 9.36 Å². The molecule has 1 amide bonds. The molecular formula is C25H29N2O4P. The first-order valence-electron chi connectivity index (χ1n) is 10.7. The summed E-state index contributed by atoms with van der Waals surface area (Å²) in [6.45, 7) is 4.14. The summed E-state index contributed by atoms with van der Waals surface area (Å²) in [4.78, 5) is 12.8. The minimum absolute atomic E-state index is 0.0923. The molecule has 0 spiro atoms. The molecule has 0 saturated heterocycles. The van der Waals surface area contributed by atoms with Crippen molar-refractivity contribution >= 4 is 13.5 Å². The first-order valence-corrected chi connectivity index (χ1v) is 12.3. The molecule has 6 nitrogen and oxygen atoms in total. The molecule has 0 aliphatic heterocycles. The maximum absolute atomic E-state index is 14.3. The molecule has 0 heterocycles. The Morgan fingerprint density at radius 1 is 0.844 bits per heavy atom. The molecule has 0 aromatic heterocycles. The van der Waals surface area contributed by atoms with Gasteiger partial charge >= 0.3 is 7.60 Å². The third-order valence-electron chi connectivity index (χ3n) is 4.90. The van der Waals surface area contributed by atoms with E-state index in [9.17, 15) is 9.36 Å². The number of benzene rings is 3. The summed E-state index contributed by atoms with van der Waals surface area (Å²) in [7, 11) is -3.96. The van der Waals surface area contributed by atoms with Crippen molar-refractivity contribution < 1.29 is 18.4 Å². The van der Waals surface area contributed by atoms with Crippen LogP contribution in [0.5, 0.6) is 11.5 Å². The maximum Gasteiger partial charge on any atom is 0.457 e. The second kappa shape index (κ2) is 11.5. The zero-order chi connectivity index (χ0) is 22.8. The fraction of sp³-hybridized carbons (Fsp3) is 0.240. The van der Waals surface area contributed by atoms with E-state index in [1.807, 2.05) is 44.2 Å².